The molecule has 61 heavy (non-hydrogen) atoms. The standard InChI is InChI=1S/C48H65N7O6/c1-9-54-41-18-17-35(26-38(41)39(27-48(5,6)29-61-30-56)44(54)37-16-13-20-50-42(37)32(4)60-8)34-15-12-14-33(24-34)25-40(47(59)55-23-11-10-21-51-55)52-45(57)43(31(2)3)53(7)46(58)36-19-22-49-28-36/h12-18,20,24,26,30-32,36,40,43,49,51H,9-11,19,21-23,25,27-29H2,1-8H3,(H,52,57)/t32-,36-,40-,43-/m0/s1. The van der Waals surface area contributed by atoms with E-state index in [1.807, 2.05) is 39.0 Å². The number of likely N-dealkylation sites (N-methyl/N-ethyl adjacent to an activating group) is 1. The first-order chi connectivity index (χ1) is 29.3. The highest BCUT2D eigenvalue weighted by molar-refractivity contribution is 5.96. The molecule has 0 aliphatic carbocycles. The summed E-state index contributed by atoms with van der Waals surface area (Å²) >= 11 is 0. The number of hydrazine groups is 1. The van der Waals surface area contributed by atoms with Gasteiger partial charge in [0.25, 0.3) is 12.4 Å². The third-order valence-corrected chi connectivity index (χ3v) is 12.3. The van der Waals surface area contributed by atoms with Crippen molar-refractivity contribution in [3.8, 4) is 22.4 Å². The van der Waals surface area contributed by atoms with Crippen LogP contribution in [0.25, 0.3) is 33.3 Å². The van der Waals surface area contributed by atoms with Crippen LogP contribution in [0.3, 0.4) is 0 Å². The smallest absolute Gasteiger partial charge is 0.293 e. The summed E-state index contributed by atoms with van der Waals surface area (Å²) < 4.78 is 13.4. The minimum atomic E-state index is -0.861. The van der Waals surface area contributed by atoms with Crippen LogP contribution in [0, 0.1) is 17.3 Å². The van der Waals surface area contributed by atoms with Crippen molar-refractivity contribution in [2.75, 3.05) is 46.9 Å². The Kier molecular flexibility index (Phi) is 15.0. The van der Waals surface area contributed by atoms with Crippen LogP contribution in [0.2, 0.25) is 0 Å². The molecule has 13 nitrogen and oxygen atoms in total. The van der Waals surface area contributed by atoms with Gasteiger partial charge in [0.15, 0.2) is 0 Å². The van der Waals surface area contributed by atoms with Gasteiger partial charge in [-0.3, -0.25) is 29.2 Å². The van der Waals surface area contributed by atoms with Crippen molar-refractivity contribution in [3.05, 3.63) is 77.6 Å². The highest BCUT2D eigenvalue weighted by Crippen LogP contribution is 2.42. The summed E-state index contributed by atoms with van der Waals surface area (Å²) in [6.45, 7) is 16.3. The average Bonchev–Trinajstić information content (AvgIpc) is 3.91. The largest absolute Gasteiger partial charge is 0.467 e. The Balaban J connectivity index is 1.38. The van der Waals surface area contributed by atoms with E-state index in [2.05, 4.69) is 77.8 Å². The van der Waals surface area contributed by atoms with Gasteiger partial charge < -0.3 is 29.6 Å². The summed E-state index contributed by atoms with van der Waals surface area (Å²) in [7, 11) is 3.39. The number of carbonyl (C=O) groups excluding carboxylic acids is 4. The number of rotatable bonds is 18. The summed E-state index contributed by atoms with van der Waals surface area (Å²) in [5.41, 5.74) is 10.8. The van der Waals surface area contributed by atoms with Gasteiger partial charge in [0.2, 0.25) is 11.8 Å². The van der Waals surface area contributed by atoms with Gasteiger partial charge in [-0.15, -0.1) is 0 Å². The lowest BCUT2D eigenvalue weighted by Gasteiger charge is -2.35. The van der Waals surface area contributed by atoms with Crippen LogP contribution in [0.5, 0.6) is 0 Å². The topological polar surface area (TPSA) is 147 Å². The molecule has 0 saturated carbocycles. The van der Waals surface area contributed by atoms with Gasteiger partial charge in [-0.1, -0.05) is 58.0 Å². The monoisotopic (exact) mass is 835 g/mol. The zero-order valence-electron chi connectivity index (χ0n) is 37.3. The molecule has 4 heterocycles. The van der Waals surface area contributed by atoms with E-state index < -0.39 is 12.1 Å². The number of carbonyl (C=O) groups is 4. The van der Waals surface area contributed by atoms with Gasteiger partial charge in [-0.05, 0) is 98.5 Å². The van der Waals surface area contributed by atoms with E-state index in [4.69, 9.17) is 14.5 Å². The fourth-order valence-corrected chi connectivity index (χ4v) is 9.11. The Morgan fingerprint density at radius 1 is 1.05 bits per heavy atom. The number of nitrogens with zero attached hydrogens (tertiary/aromatic N) is 4. The zero-order chi connectivity index (χ0) is 43.8. The SMILES string of the molecule is CCn1c(-c2cccnc2[C@H](C)OC)c(CC(C)(C)COC=O)c2cc(-c3cccc(C[C@H](NC(=O)[C@H](C(C)C)N(C)C(=O)[C@H]4CCNC4)C(=O)N4CCCCN4)c3)ccc21. The Morgan fingerprint density at radius 2 is 1.84 bits per heavy atom. The lowest BCUT2D eigenvalue weighted by Crippen LogP contribution is -2.59. The molecular weight excluding hydrogens is 771 g/mol. The van der Waals surface area contributed by atoms with E-state index in [0.29, 0.717) is 39.1 Å². The molecule has 2 fully saturated rings. The van der Waals surface area contributed by atoms with E-state index in [0.717, 1.165) is 75.9 Å². The van der Waals surface area contributed by atoms with Crippen molar-refractivity contribution in [2.45, 2.75) is 98.4 Å². The fraction of sp³-hybridized carbons (Fsp3) is 0.521. The van der Waals surface area contributed by atoms with Gasteiger partial charge in [0.1, 0.15) is 12.1 Å². The molecule has 2 saturated heterocycles. The van der Waals surface area contributed by atoms with Crippen LogP contribution in [-0.4, -0.2) is 103 Å². The molecule has 3 amide bonds. The number of amides is 3. The average molecular weight is 836 g/mol. The summed E-state index contributed by atoms with van der Waals surface area (Å²) in [5, 5.41) is 9.09. The molecule has 0 unspecified atom stereocenters. The van der Waals surface area contributed by atoms with Crippen molar-refractivity contribution in [1.29, 1.82) is 0 Å². The predicted molar refractivity (Wildman–Crippen MR) is 238 cm³/mol. The Bertz CT molecular complexity index is 2170. The summed E-state index contributed by atoms with van der Waals surface area (Å²) in [5.74, 6) is -0.940. The Labute approximate surface area is 360 Å². The van der Waals surface area contributed by atoms with Crippen LogP contribution < -0.4 is 16.1 Å². The molecule has 2 aromatic carbocycles. The molecule has 2 aliphatic rings. The predicted octanol–water partition coefficient (Wildman–Crippen LogP) is 6.09. The van der Waals surface area contributed by atoms with E-state index in [1.165, 1.54) is 0 Å². The second kappa shape index (κ2) is 20.2. The second-order valence-corrected chi connectivity index (χ2v) is 17.8. The number of aromatic nitrogens is 2. The minimum absolute atomic E-state index is 0.0584. The number of pyridine rings is 1. The number of methoxy groups -OCH3 is 1. The highest BCUT2D eigenvalue weighted by atomic mass is 16.5. The number of hydrogen-bond donors (Lipinski definition) is 3. The first-order valence-corrected chi connectivity index (χ1v) is 21.9. The van der Waals surface area contributed by atoms with E-state index in [-0.39, 0.29) is 54.1 Å². The normalized spacial score (nSPS) is 17.3. The first-order valence-electron chi connectivity index (χ1n) is 21.9. The van der Waals surface area contributed by atoms with Crippen LogP contribution in [0.15, 0.2) is 60.8 Å². The third-order valence-electron chi connectivity index (χ3n) is 12.3. The molecule has 13 heteroatoms. The van der Waals surface area contributed by atoms with Gasteiger partial charge >= 0.3 is 0 Å². The number of benzene rings is 2. The number of ether oxygens (including phenoxy) is 2. The Hall–Kier alpha value is -5.11. The lowest BCUT2D eigenvalue weighted by molar-refractivity contribution is -0.145. The maximum atomic E-state index is 14.2. The molecule has 3 N–H and O–H groups in total. The van der Waals surface area contributed by atoms with Gasteiger partial charge in [-0.25, -0.2) is 5.43 Å². The molecule has 2 aliphatic heterocycles. The van der Waals surface area contributed by atoms with E-state index >= 15 is 0 Å². The minimum Gasteiger partial charge on any atom is -0.467 e. The molecule has 4 atom stereocenters. The van der Waals surface area contributed by atoms with Crippen molar-refractivity contribution in [3.63, 3.8) is 0 Å². The summed E-state index contributed by atoms with van der Waals surface area (Å²) in [6.07, 6.45) is 5.03. The number of nitrogens with one attached hydrogen (secondary N) is 3. The van der Waals surface area contributed by atoms with Crippen molar-refractivity contribution in [1.82, 2.24) is 35.5 Å². The number of fused-ring (bicyclic) bond motifs is 1. The number of hydrogen-bond acceptors (Lipinski definition) is 9. The Morgan fingerprint density at radius 3 is 2.51 bits per heavy atom. The van der Waals surface area contributed by atoms with Gasteiger partial charge in [0, 0.05) is 74.8 Å². The molecule has 4 aromatic rings. The van der Waals surface area contributed by atoms with Crippen LogP contribution in [0.4, 0.5) is 0 Å². The van der Waals surface area contributed by atoms with Crippen LogP contribution in [0.1, 0.15) is 83.7 Å². The summed E-state index contributed by atoms with van der Waals surface area (Å²) in [4.78, 5) is 59.6. The maximum Gasteiger partial charge on any atom is 0.293 e. The van der Waals surface area contributed by atoms with Crippen molar-refractivity contribution < 1.29 is 28.7 Å². The molecule has 328 valence electrons. The van der Waals surface area contributed by atoms with E-state index in [1.54, 1.807) is 30.3 Å². The van der Waals surface area contributed by atoms with Gasteiger partial charge in [-0.2, -0.15) is 0 Å². The molecule has 2 aromatic heterocycles. The zero-order valence-corrected chi connectivity index (χ0v) is 37.3. The van der Waals surface area contributed by atoms with Crippen LogP contribution in [-0.2, 0) is 48.0 Å². The second-order valence-electron chi connectivity index (χ2n) is 17.8. The fourth-order valence-electron chi connectivity index (χ4n) is 9.11. The van der Waals surface area contributed by atoms with Gasteiger partial charge in [0.05, 0.1) is 30.0 Å². The molecule has 0 bridgehead atoms. The molecule has 6 rings (SSSR count). The maximum absolute atomic E-state index is 14.2. The highest BCUT2D eigenvalue weighted by Gasteiger charge is 2.37. The molecule has 0 spiro atoms. The van der Waals surface area contributed by atoms with Crippen molar-refractivity contribution >= 4 is 35.1 Å². The quantitative estimate of drug-likeness (QED) is 0.102. The summed E-state index contributed by atoms with van der Waals surface area (Å²) in [6, 6.07) is 17.1. The lowest BCUT2D eigenvalue weighted by atomic mass is 9.84. The number of aryl methyl sites for hydroxylation is 1. The first kappa shape index (κ1) is 45.4. The molecule has 0 radical (unpaired) electrons. The third kappa shape index (κ3) is 10.3. The van der Waals surface area contributed by atoms with Crippen molar-refractivity contribution in [2.24, 2.45) is 17.3 Å². The van der Waals surface area contributed by atoms with Crippen LogP contribution >= 0.6 is 0 Å². The molecular formula is C48H65N7O6. The van der Waals surface area contributed by atoms with E-state index in [9.17, 15) is 19.2 Å².